The van der Waals surface area contributed by atoms with Gasteiger partial charge >= 0.3 is 0 Å². The molecule has 3 rings (SSSR count). The van der Waals surface area contributed by atoms with Gasteiger partial charge in [0.1, 0.15) is 11.6 Å². The van der Waals surface area contributed by atoms with Gasteiger partial charge in [-0.25, -0.2) is 0 Å². The normalized spacial score (nSPS) is 15.0. The molecule has 0 bridgehead atoms. The number of nitrogens with zero attached hydrogens (tertiary/aromatic N) is 3. The highest BCUT2D eigenvalue weighted by atomic mass is 32.2. The summed E-state index contributed by atoms with van der Waals surface area (Å²) < 4.78 is 7.41. The van der Waals surface area contributed by atoms with Crippen LogP contribution in [0, 0.1) is 25.2 Å². The molecule has 1 aromatic carbocycles. The summed E-state index contributed by atoms with van der Waals surface area (Å²) in [6, 6.07) is 11.3. The van der Waals surface area contributed by atoms with Crippen LogP contribution in [0.25, 0.3) is 6.08 Å². The molecule has 0 saturated carbocycles. The lowest BCUT2D eigenvalue weighted by Gasteiger charge is -2.26. The first-order chi connectivity index (χ1) is 16.3. The Balaban J connectivity index is 1.67. The number of nitriles is 1. The van der Waals surface area contributed by atoms with E-state index in [4.69, 9.17) is 4.74 Å². The van der Waals surface area contributed by atoms with E-state index < -0.39 is 5.91 Å². The van der Waals surface area contributed by atoms with E-state index in [9.17, 15) is 14.9 Å². The first-order valence-corrected chi connectivity index (χ1v) is 12.5. The number of methoxy groups -OCH3 is 1. The number of thioether (sulfide) groups is 1. The molecule has 0 aliphatic carbocycles. The van der Waals surface area contributed by atoms with Crippen molar-refractivity contribution in [2.45, 2.75) is 33.2 Å². The van der Waals surface area contributed by atoms with E-state index in [2.05, 4.69) is 16.8 Å². The molecule has 1 atom stereocenters. The predicted octanol–water partition coefficient (Wildman–Crippen LogP) is 3.98. The van der Waals surface area contributed by atoms with E-state index in [1.807, 2.05) is 54.8 Å². The van der Waals surface area contributed by atoms with Crippen molar-refractivity contribution in [3.05, 3.63) is 58.4 Å². The zero-order valence-corrected chi connectivity index (χ0v) is 21.1. The number of rotatable bonds is 8. The summed E-state index contributed by atoms with van der Waals surface area (Å²) in [7, 11) is 1.67. The van der Waals surface area contributed by atoms with Crippen LogP contribution in [-0.2, 0) is 20.7 Å². The van der Waals surface area contributed by atoms with Crippen molar-refractivity contribution >= 4 is 35.3 Å². The number of anilines is 1. The lowest BCUT2D eigenvalue weighted by atomic mass is 10.1. The van der Waals surface area contributed by atoms with Crippen LogP contribution in [0.4, 0.5) is 5.69 Å². The highest BCUT2D eigenvalue weighted by Crippen LogP contribution is 2.23. The minimum atomic E-state index is -0.466. The highest BCUT2D eigenvalue weighted by Gasteiger charge is 2.18. The van der Waals surface area contributed by atoms with Gasteiger partial charge in [-0.05, 0) is 56.2 Å². The number of benzene rings is 1. The van der Waals surface area contributed by atoms with Gasteiger partial charge in [0, 0.05) is 48.8 Å². The van der Waals surface area contributed by atoms with E-state index in [0.29, 0.717) is 18.7 Å². The molecule has 1 aliphatic heterocycles. The molecule has 1 aromatic heterocycles. The number of aromatic nitrogens is 1. The topological polar surface area (TPSA) is 87.4 Å². The number of ether oxygens (including phenoxy) is 1. The van der Waals surface area contributed by atoms with E-state index in [1.54, 1.807) is 25.3 Å². The largest absolute Gasteiger partial charge is 0.383 e. The van der Waals surface area contributed by atoms with Gasteiger partial charge < -0.3 is 19.5 Å². The van der Waals surface area contributed by atoms with E-state index in [0.717, 1.165) is 47.1 Å². The van der Waals surface area contributed by atoms with Gasteiger partial charge in [-0.2, -0.15) is 17.0 Å². The maximum absolute atomic E-state index is 12.8. The molecule has 0 spiro atoms. The van der Waals surface area contributed by atoms with Gasteiger partial charge in [-0.3, -0.25) is 9.59 Å². The summed E-state index contributed by atoms with van der Waals surface area (Å²) in [4.78, 5) is 27.1. The Morgan fingerprint density at radius 1 is 1.24 bits per heavy atom. The Kier molecular flexibility index (Phi) is 8.97. The summed E-state index contributed by atoms with van der Waals surface area (Å²) >= 11 is 1.87. The second-order valence-corrected chi connectivity index (χ2v) is 9.72. The predicted molar refractivity (Wildman–Crippen MR) is 137 cm³/mol. The first-order valence-electron chi connectivity index (χ1n) is 11.4. The first kappa shape index (κ1) is 25.6. The smallest absolute Gasteiger partial charge is 0.266 e. The molecule has 1 unspecified atom stereocenters. The fourth-order valence-corrected chi connectivity index (χ4v) is 5.15. The van der Waals surface area contributed by atoms with Crippen LogP contribution in [0.2, 0.25) is 0 Å². The van der Waals surface area contributed by atoms with Crippen LogP contribution in [0.15, 0.2) is 35.9 Å². The fourth-order valence-electron chi connectivity index (χ4n) is 4.25. The van der Waals surface area contributed by atoms with Crippen molar-refractivity contribution in [3.63, 3.8) is 0 Å². The molecule has 1 fully saturated rings. The standard InChI is InChI=1S/C26H32N4O3S/c1-18-13-22(20(3)30(18)19(2)17-33-4)15-23(16-27)26(32)28-24-7-5-21(6-8-24)14-25(31)29-9-11-34-12-10-29/h5-8,13,15,19H,9-12,14,17H2,1-4H3,(H,28,32)/b23-15-. The molecule has 180 valence electrons. The molecule has 34 heavy (non-hydrogen) atoms. The van der Waals surface area contributed by atoms with Crippen LogP contribution in [0.3, 0.4) is 0 Å². The summed E-state index contributed by atoms with van der Waals surface area (Å²) in [5.74, 6) is 1.64. The Hall–Kier alpha value is -3.02. The SMILES string of the molecule is COCC(C)n1c(C)cc(/C=C(/C#N)C(=O)Nc2ccc(CC(=O)N3CCSCC3)cc2)c1C. The molecule has 2 aromatic rings. The van der Waals surface area contributed by atoms with Crippen LogP contribution in [0.5, 0.6) is 0 Å². The van der Waals surface area contributed by atoms with Crippen molar-refractivity contribution in [1.82, 2.24) is 9.47 Å². The maximum Gasteiger partial charge on any atom is 0.266 e. The average Bonchev–Trinajstić information content (AvgIpc) is 3.11. The second kappa shape index (κ2) is 11.9. The lowest BCUT2D eigenvalue weighted by Crippen LogP contribution is -2.38. The molecular formula is C26H32N4O3S. The summed E-state index contributed by atoms with van der Waals surface area (Å²) in [5.41, 5.74) is 4.35. The maximum atomic E-state index is 12.8. The Bertz CT molecular complexity index is 1090. The van der Waals surface area contributed by atoms with Crippen LogP contribution in [0.1, 0.15) is 35.5 Å². The molecule has 2 amide bonds. The molecule has 1 saturated heterocycles. The van der Waals surface area contributed by atoms with Gasteiger partial charge in [0.05, 0.1) is 19.1 Å². The third-order valence-corrected chi connectivity index (χ3v) is 6.91. The number of nitrogens with one attached hydrogen (secondary N) is 1. The van der Waals surface area contributed by atoms with Gasteiger partial charge in [0.25, 0.3) is 5.91 Å². The van der Waals surface area contributed by atoms with Crippen LogP contribution < -0.4 is 5.32 Å². The highest BCUT2D eigenvalue weighted by molar-refractivity contribution is 7.99. The van der Waals surface area contributed by atoms with Crippen molar-refractivity contribution in [2.75, 3.05) is 43.6 Å². The monoisotopic (exact) mass is 480 g/mol. The number of hydrogen-bond donors (Lipinski definition) is 1. The van der Waals surface area contributed by atoms with Crippen molar-refractivity contribution in [2.24, 2.45) is 0 Å². The zero-order chi connectivity index (χ0) is 24.7. The third-order valence-electron chi connectivity index (χ3n) is 5.97. The Morgan fingerprint density at radius 2 is 1.91 bits per heavy atom. The number of hydrogen-bond acceptors (Lipinski definition) is 5. The molecule has 2 heterocycles. The van der Waals surface area contributed by atoms with E-state index >= 15 is 0 Å². The van der Waals surface area contributed by atoms with E-state index in [-0.39, 0.29) is 17.5 Å². The number of carbonyl (C=O) groups is 2. The quantitative estimate of drug-likeness (QED) is 0.456. The number of aryl methyl sites for hydroxylation is 1. The molecule has 7 nitrogen and oxygen atoms in total. The zero-order valence-electron chi connectivity index (χ0n) is 20.3. The van der Waals surface area contributed by atoms with Crippen molar-refractivity contribution in [1.29, 1.82) is 5.26 Å². The number of carbonyl (C=O) groups excluding carboxylic acids is 2. The average molecular weight is 481 g/mol. The lowest BCUT2D eigenvalue weighted by molar-refractivity contribution is -0.130. The molecular weight excluding hydrogens is 448 g/mol. The molecule has 8 heteroatoms. The minimum absolute atomic E-state index is 0.0295. The summed E-state index contributed by atoms with van der Waals surface area (Å²) in [6.45, 7) is 8.21. The van der Waals surface area contributed by atoms with Gasteiger partial charge in [0.15, 0.2) is 0 Å². The molecule has 1 N–H and O–H groups in total. The third kappa shape index (κ3) is 6.31. The van der Waals surface area contributed by atoms with Crippen LogP contribution >= 0.6 is 11.8 Å². The Labute approximate surface area is 205 Å². The van der Waals surface area contributed by atoms with Gasteiger partial charge in [0.2, 0.25) is 5.91 Å². The van der Waals surface area contributed by atoms with Crippen molar-refractivity contribution in [3.8, 4) is 6.07 Å². The fraction of sp³-hybridized carbons (Fsp3) is 0.423. The summed E-state index contributed by atoms with van der Waals surface area (Å²) in [6.07, 6.45) is 1.97. The van der Waals surface area contributed by atoms with Gasteiger partial charge in [-0.1, -0.05) is 12.1 Å². The van der Waals surface area contributed by atoms with Crippen LogP contribution in [-0.4, -0.2) is 59.6 Å². The Morgan fingerprint density at radius 3 is 2.53 bits per heavy atom. The van der Waals surface area contributed by atoms with E-state index in [1.165, 1.54) is 0 Å². The molecule has 1 aliphatic rings. The molecule has 0 radical (unpaired) electrons. The van der Waals surface area contributed by atoms with Gasteiger partial charge in [-0.15, -0.1) is 0 Å². The number of amides is 2. The summed E-state index contributed by atoms with van der Waals surface area (Å²) in [5, 5.41) is 12.4. The van der Waals surface area contributed by atoms with Crippen molar-refractivity contribution < 1.29 is 14.3 Å². The minimum Gasteiger partial charge on any atom is -0.383 e. The second-order valence-electron chi connectivity index (χ2n) is 8.49.